The minimum absolute atomic E-state index is 0.365. The van der Waals surface area contributed by atoms with Crippen LogP contribution in [0.4, 0.5) is 0 Å². The van der Waals surface area contributed by atoms with Crippen molar-refractivity contribution in [1.29, 1.82) is 0 Å². The Balaban J connectivity index is 2.39. The number of hydrogen-bond donors (Lipinski definition) is 1. The molecule has 0 unspecified atom stereocenters. The van der Waals surface area contributed by atoms with Crippen molar-refractivity contribution in [3.05, 3.63) is 41.5 Å². The first-order valence-electron chi connectivity index (χ1n) is 3.74. The first kappa shape index (κ1) is 8.07. The monoisotopic (exact) mass is 193 g/mol. The molecule has 0 aliphatic rings. The van der Waals surface area contributed by atoms with Gasteiger partial charge in [0.25, 0.3) is 0 Å². The molecular weight excluding hydrogens is 186 g/mol. The normalized spacial score (nSPS) is 10.2. The Morgan fingerprint density at radius 3 is 2.54 bits per heavy atom. The molecule has 3 nitrogen and oxygen atoms in total. The molecule has 2 heterocycles. The quantitative estimate of drug-likeness (QED) is 0.794. The topological polar surface area (TPSA) is 42.2 Å². The first-order chi connectivity index (χ1) is 6.27. The molecule has 1 N–H and O–H groups in total. The molecule has 0 saturated heterocycles. The highest BCUT2D eigenvalue weighted by atomic mass is 32.1. The summed E-state index contributed by atoms with van der Waals surface area (Å²) in [5.74, 6) is -0.872. The van der Waals surface area contributed by atoms with E-state index in [0.29, 0.717) is 4.88 Å². The standard InChI is InChI=1S/C9H7NO2S/c11-9(12)7-3-4-8(13-7)10-5-1-2-6-10/h1-6H,(H,11,12). The lowest BCUT2D eigenvalue weighted by molar-refractivity contribution is 0.0702. The molecule has 2 rings (SSSR count). The Morgan fingerprint density at radius 2 is 2.00 bits per heavy atom. The van der Waals surface area contributed by atoms with Crippen molar-refractivity contribution in [1.82, 2.24) is 4.57 Å². The second-order valence-corrected chi connectivity index (χ2v) is 3.60. The lowest BCUT2D eigenvalue weighted by Gasteiger charge is -1.94. The van der Waals surface area contributed by atoms with Crippen molar-refractivity contribution >= 4 is 17.3 Å². The number of hydrogen-bond acceptors (Lipinski definition) is 2. The number of nitrogens with zero attached hydrogens (tertiary/aromatic N) is 1. The van der Waals surface area contributed by atoms with E-state index >= 15 is 0 Å². The van der Waals surface area contributed by atoms with E-state index in [9.17, 15) is 4.79 Å². The van der Waals surface area contributed by atoms with Gasteiger partial charge in [0.2, 0.25) is 0 Å². The van der Waals surface area contributed by atoms with Gasteiger partial charge in [-0.15, -0.1) is 11.3 Å². The van der Waals surface area contributed by atoms with Crippen molar-refractivity contribution in [2.24, 2.45) is 0 Å². The van der Waals surface area contributed by atoms with Crippen LogP contribution >= 0.6 is 11.3 Å². The molecule has 0 amide bonds. The number of carbonyl (C=O) groups is 1. The van der Waals surface area contributed by atoms with E-state index in [0.717, 1.165) is 5.00 Å². The van der Waals surface area contributed by atoms with E-state index in [-0.39, 0.29) is 0 Å². The van der Waals surface area contributed by atoms with Crippen molar-refractivity contribution in [3.8, 4) is 5.00 Å². The second kappa shape index (κ2) is 3.06. The van der Waals surface area contributed by atoms with Crippen molar-refractivity contribution < 1.29 is 9.90 Å². The largest absolute Gasteiger partial charge is 0.477 e. The Kier molecular flexibility index (Phi) is 1.90. The zero-order valence-corrected chi connectivity index (χ0v) is 7.49. The summed E-state index contributed by atoms with van der Waals surface area (Å²) in [5, 5.41) is 9.62. The lowest BCUT2D eigenvalue weighted by atomic mass is 10.5. The second-order valence-electron chi connectivity index (χ2n) is 2.53. The van der Waals surface area contributed by atoms with E-state index in [2.05, 4.69) is 0 Å². The van der Waals surface area contributed by atoms with E-state index in [1.807, 2.05) is 29.1 Å². The van der Waals surface area contributed by atoms with Crippen LogP contribution in [0.1, 0.15) is 9.67 Å². The van der Waals surface area contributed by atoms with E-state index < -0.39 is 5.97 Å². The summed E-state index contributed by atoms with van der Waals surface area (Å²) in [4.78, 5) is 10.9. The van der Waals surface area contributed by atoms with Crippen molar-refractivity contribution in [2.75, 3.05) is 0 Å². The third-order valence-corrected chi connectivity index (χ3v) is 2.75. The molecule has 0 aromatic carbocycles. The molecule has 2 aromatic rings. The summed E-state index contributed by atoms with van der Waals surface area (Å²) in [6.07, 6.45) is 3.77. The van der Waals surface area contributed by atoms with Gasteiger partial charge in [-0.25, -0.2) is 4.79 Å². The molecule has 13 heavy (non-hydrogen) atoms. The average Bonchev–Trinajstić information content (AvgIpc) is 2.75. The number of carboxylic acids is 1. The highest BCUT2D eigenvalue weighted by molar-refractivity contribution is 7.16. The summed E-state index contributed by atoms with van der Waals surface area (Å²) < 4.78 is 1.89. The van der Waals surface area contributed by atoms with Gasteiger partial charge in [-0.05, 0) is 24.3 Å². The Hall–Kier alpha value is -1.55. The molecule has 0 aliphatic carbocycles. The van der Waals surface area contributed by atoms with E-state index in [4.69, 9.17) is 5.11 Å². The van der Waals surface area contributed by atoms with Gasteiger partial charge in [0.05, 0.1) is 5.00 Å². The zero-order chi connectivity index (χ0) is 9.26. The highest BCUT2D eigenvalue weighted by Crippen LogP contribution is 2.20. The van der Waals surface area contributed by atoms with Gasteiger partial charge >= 0.3 is 5.97 Å². The number of carboxylic acid groups (broad SMARTS) is 1. The van der Waals surface area contributed by atoms with Gasteiger partial charge in [0, 0.05) is 12.4 Å². The van der Waals surface area contributed by atoms with Crippen LogP contribution in [0.3, 0.4) is 0 Å². The van der Waals surface area contributed by atoms with Crippen LogP contribution in [-0.2, 0) is 0 Å². The molecule has 4 heteroatoms. The maximum Gasteiger partial charge on any atom is 0.345 e. The molecular formula is C9H7NO2S. The molecule has 0 bridgehead atoms. The molecule has 0 saturated carbocycles. The Labute approximate surface area is 78.9 Å². The maximum atomic E-state index is 10.6. The molecule has 2 aromatic heterocycles. The van der Waals surface area contributed by atoms with E-state index in [1.54, 1.807) is 12.1 Å². The zero-order valence-electron chi connectivity index (χ0n) is 6.68. The summed E-state index contributed by atoms with van der Waals surface area (Å²) >= 11 is 1.26. The van der Waals surface area contributed by atoms with Crippen LogP contribution in [0.15, 0.2) is 36.7 Å². The maximum absolute atomic E-state index is 10.6. The third-order valence-electron chi connectivity index (χ3n) is 1.66. The first-order valence-corrected chi connectivity index (χ1v) is 4.55. The molecule has 0 radical (unpaired) electrons. The SMILES string of the molecule is O=C(O)c1ccc(-n2cccc2)s1. The predicted octanol–water partition coefficient (Wildman–Crippen LogP) is 2.24. The Bertz CT molecular complexity index is 417. The van der Waals surface area contributed by atoms with Crippen LogP contribution in [0.25, 0.3) is 5.00 Å². The van der Waals surface area contributed by atoms with Gasteiger partial charge < -0.3 is 9.67 Å². The van der Waals surface area contributed by atoms with Gasteiger partial charge in [-0.2, -0.15) is 0 Å². The number of thiophene rings is 1. The van der Waals surface area contributed by atoms with Crippen molar-refractivity contribution in [3.63, 3.8) is 0 Å². The van der Waals surface area contributed by atoms with Gasteiger partial charge in [0.1, 0.15) is 4.88 Å². The molecule has 0 atom stereocenters. The lowest BCUT2D eigenvalue weighted by Crippen LogP contribution is -1.89. The fraction of sp³-hybridized carbons (Fsp3) is 0. The van der Waals surface area contributed by atoms with Crippen LogP contribution in [-0.4, -0.2) is 15.6 Å². The fourth-order valence-electron chi connectivity index (χ4n) is 1.06. The van der Waals surface area contributed by atoms with Crippen LogP contribution < -0.4 is 0 Å². The number of rotatable bonds is 2. The smallest absolute Gasteiger partial charge is 0.345 e. The number of aromatic carboxylic acids is 1. The minimum atomic E-state index is -0.872. The van der Waals surface area contributed by atoms with Crippen LogP contribution in [0.2, 0.25) is 0 Å². The van der Waals surface area contributed by atoms with Crippen LogP contribution in [0, 0.1) is 0 Å². The summed E-state index contributed by atoms with van der Waals surface area (Å²) in [7, 11) is 0. The number of aromatic nitrogens is 1. The molecule has 0 aliphatic heterocycles. The average molecular weight is 193 g/mol. The fourth-order valence-corrected chi connectivity index (χ4v) is 1.87. The van der Waals surface area contributed by atoms with Crippen LogP contribution in [0.5, 0.6) is 0 Å². The van der Waals surface area contributed by atoms with Gasteiger partial charge in [0.15, 0.2) is 0 Å². The van der Waals surface area contributed by atoms with E-state index in [1.165, 1.54) is 11.3 Å². The van der Waals surface area contributed by atoms with Gasteiger partial charge in [-0.3, -0.25) is 0 Å². The summed E-state index contributed by atoms with van der Waals surface area (Å²) in [6, 6.07) is 7.22. The predicted molar refractivity (Wildman–Crippen MR) is 50.6 cm³/mol. The Morgan fingerprint density at radius 1 is 1.31 bits per heavy atom. The summed E-state index contributed by atoms with van der Waals surface area (Å²) in [6.45, 7) is 0. The minimum Gasteiger partial charge on any atom is -0.477 e. The third kappa shape index (κ3) is 1.48. The van der Waals surface area contributed by atoms with Gasteiger partial charge in [-0.1, -0.05) is 0 Å². The summed E-state index contributed by atoms with van der Waals surface area (Å²) in [5.41, 5.74) is 0. The molecule has 0 spiro atoms. The van der Waals surface area contributed by atoms with Crippen molar-refractivity contribution in [2.45, 2.75) is 0 Å². The highest BCUT2D eigenvalue weighted by Gasteiger charge is 2.06. The molecule has 66 valence electrons. The molecule has 0 fully saturated rings.